The Morgan fingerprint density at radius 2 is 1.90 bits per heavy atom. The summed E-state index contributed by atoms with van der Waals surface area (Å²) in [5, 5.41) is 23.0. The Morgan fingerprint density at radius 1 is 1.23 bits per heavy atom. The van der Waals surface area contributed by atoms with Crippen LogP contribution in [0.3, 0.4) is 0 Å². The van der Waals surface area contributed by atoms with E-state index in [1.165, 1.54) is 11.3 Å². The molecule has 162 valence electrons. The molecule has 0 N–H and O–H groups in total. The summed E-state index contributed by atoms with van der Waals surface area (Å²) in [5.41, 5.74) is -0.907. The van der Waals surface area contributed by atoms with Crippen LogP contribution in [-0.4, -0.2) is 47.6 Å². The standard InChI is InChI=1S/C19H21F3N4O3S/c1-25-10-15(29-17(27)13-6-8-14(9-7-13)19(20,21)22)26(28,11-25)18-24-23-16(30-18)12-4-2-3-5-12/h6-9,12,15H,2-5,10-11H2,1H3. The maximum Gasteiger partial charge on any atom is 0.416 e. The number of alkyl halides is 3. The minimum absolute atomic E-state index is 0.0459. The van der Waals surface area contributed by atoms with E-state index in [4.69, 9.17) is 4.74 Å². The number of ether oxygens (including phenoxy) is 1. The molecule has 0 radical (unpaired) electrons. The smallest absolute Gasteiger partial charge is 0.416 e. The molecule has 7 nitrogen and oxygen atoms in total. The lowest BCUT2D eigenvalue weighted by atomic mass is 10.1. The number of quaternary nitrogens is 1. The van der Waals surface area contributed by atoms with Crippen LogP contribution in [0.15, 0.2) is 24.3 Å². The van der Waals surface area contributed by atoms with E-state index in [0.717, 1.165) is 55.0 Å². The lowest BCUT2D eigenvalue weighted by Crippen LogP contribution is -2.50. The van der Waals surface area contributed by atoms with Gasteiger partial charge in [-0.1, -0.05) is 17.9 Å². The van der Waals surface area contributed by atoms with Gasteiger partial charge in [-0.3, -0.25) is 4.65 Å². The second-order valence-corrected chi connectivity index (χ2v) is 8.80. The number of nitrogens with zero attached hydrogens (tertiary/aromatic N) is 4. The van der Waals surface area contributed by atoms with Crippen molar-refractivity contribution in [2.24, 2.45) is 0 Å². The van der Waals surface area contributed by atoms with Crippen LogP contribution in [0.5, 0.6) is 0 Å². The van der Waals surface area contributed by atoms with Gasteiger partial charge in [-0.05, 0) is 55.5 Å². The largest absolute Gasteiger partial charge is 0.622 e. The lowest BCUT2D eigenvalue weighted by Gasteiger charge is -2.38. The molecule has 2 atom stereocenters. The third-order valence-corrected chi connectivity index (χ3v) is 6.73. The topological polar surface area (TPSA) is 78.4 Å². The maximum atomic E-state index is 13.6. The van der Waals surface area contributed by atoms with Crippen molar-refractivity contribution in [2.75, 3.05) is 20.3 Å². The second kappa shape index (κ2) is 7.88. The van der Waals surface area contributed by atoms with Crippen LogP contribution in [0.4, 0.5) is 18.3 Å². The number of hydrogen-bond acceptors (Lipinski definition) is 7. The Balaban J connectivity index is 1.51. The summed E-state index contributed by atoms with van der Waals surface area (Å²) in [7, 11) is 1.73. The van der Waals surface area contributed by atoms with Gasteiger partial charge in [0.1, 0.15) is 11.7 Å². The van der Waals surface area contributed by atoms with Crippen LogP contribution in [0.25, 0.3) is 0 Å². The molecule has 2 unspecified atom stereocenters. The number of halogens is 3. The number of benzene rings is 1. The first kappa shape index (κ1) is 21.2. The van der Waals surface area contributed by atoms with Crippen LogP contribution in [0.2, 0.25) is 0 Å². The number of hydroxylamine groups is 2. The number of likely N-dealkylation sites (N-methyl/N-ethyl adjacent to an activating group) is 1. The molecule has 1 aromatic carbocycles. The normalized spacial score (nSPS) is 25.7. The zero-order valence-electron chi connectivity index (χ0n) is 16.3. The quantitative estimate of drug-likeness (QED) is 0.403. The molecule has 11 heteroatoms. The number of carbonyl (C=O) groups is 1. The van der Waals surface area contributed by atoms with Gasteiger partial charge in [-0.2, -0.15) is 13.2 Å². The summed E-state index contributed by atoms with van der Waals surface area (Å²) in [6.45, 7) is 0.235. The van der Waals surface area contributed by atoms with E-state index in [2.05, 4.69) is 10.2 Å². The summed E-state index contributed by atoms with van der Waals surface area (Å²) in [6.07, 6.45) is -1.25. The van der Waals surface area contributed by atoms with Gasteiger partial charge in [0.05, 0.1) is 17.7 Å². The van der Waals surface area contributed by atoms with E-state index in [-0.39, 0.29) is 23.9 Å². The van der Waals surface area contributed by atoms with E-state index >= 15 is 0 Å². The van der Waals surface area contributed by atoms with E-state index in [1.807, 2.05) is 0 Å². The van der Waals surface area contributed by atoms with Crippen LogP contribution in [0.1, 0.15) is 52.5 Å². The highest BCUT2D eigenvalue weighted by Gasteiger charge is 2.45. The molecular weight excluding hydrogens is 421 g/mol. The maximum absolute atomic E-state index is 13.6. The van der Waals surface area contributed by atoms with E-state index in [1.54, 1.807) is 11.9 Å². The molecule has 2 fully saturated rings. The third-order valence-electron chi connectivity index (χ3n) is 5.53. The van der Waals surface area contributed by atoms with E-state index in [9.17, 15) is 23.2 Å². The highest BCUT2D eigenvalue weighted by Crippen LogP contribution is 2.40. The van der Waals surface area contributed by atoms with Crippen LogP contribution < -0.4 is 4.65 Å². The van der Waals surface area contributed by atoms with Crippen LogP contribution in [0, 0.1) is 5.21 Å². The number of aromatic nitrogens is 2. The predicted molar refractivity (Wildman–Crippen MR) is 104 cm³/mol. The average Bonchev–Trinajstić information content (AvgIpc) is 3.42. The zero-order chi connectivity index (χ0) is 21.5. The highest BCUT2D eigenvalue weighted by atomic mass is 32.1. The first-order chi connectivity index (χ1) is 14.2. The van der Waals surface area contributed by atoms with Crippen molar-refractivity contribution in [1.82, 2.24) is 19.7 Å². The van der Waals surface area contributed by atoms with Gasteiger partial charge in [0.25, 0.3) is 6.23 Å². The van der Waals surface area contributed by atoms with Gasteiger partial charge < -0.3 is 9.94 Å². The van der Waals surface area contributed by atoms with Crippen LogP contribution in [-0.2, 0) is 10.9 Å². The number of esters is 1. The summed E-state index contributed by atoms with van der Waals surface area (Å²) in [5.74, 6) is -0.528. The molecular formula is C19H21F3N4O3S. The Kier molecular flexibility index (Phi) is 5.56. The number of rotatable bonds is 4. The second-order valence-electron chi connectivity index (χ2n) is 7.81. The van der Waals surface area contributed by atoms with Gasteiger partial charge in [0.15, 0.2) is 0 Å². The predicted octanol–water partition coefficient (Wildman–Crippen LogP) is 4.11. The minimum atomic E-state index is -4.49. The number of hydrogen-bond donors (Lipinski definition) is 0. The summed E-state index contributed by atoms with van der Waals surface area (Å²) in [4.78, 5) is 14.2. The molecule has 1 aromatic heterocycles. The Hall–Kier alpha value is -2.08. The first-order valence-corrected chi connectivity index (χ1v) is 10.5. The van der Waals surface area contributed by atoms with Crippen molar-refractivity contribution in [1.29, 1.82) is 0 Å². The average molecular weight is 442 g/mol. The molecule has 2 aromatic rings. The van der Waals surface area contributed by atoms with Gasteiger partial charge in [-0.25, -0.2) is 9.69 Å². The molecule has 1 aliphatic carbocycles. The van der Waals surface area contributed by atoms with Gasteiger partial charge >= 0.3 is 17.3 Å². The first-order valence-electron chi connectivity index (χ1n) is 9.66. The molecule has 1 saturated heterocycles. The molecule has 2 heterocycles. The van der Waals surface area contributed by atoms with Crippen molar-refractivity contribution in [3.63, 3.8) is 0 Å². The Labute approximate surface area is 175 Å². The van der Waals surface area contributed by atoms with E-state index in [0.29, 0.717) is 5.92 Å². The molecule has 4 rings (SSSR count). The Morgan fingerprint density at radius 3 is 2.53 bits per heavy atom. The lowest BCUT2D eigenvalue weighted by molar-refractivity contribution is -0.137. The van der Waals surface area contributed by atoms with Crippen molar-refractivity contribution in [3.8, 4) is 0 Å². The van der Waals surface area contributed by atoms with Crippen molar-refractivity contribution in [2.45, 2.75) is 44.0 Å². The number of carbonyl (C=O) groups excluding carboxylic acids is 1. The van der Waals surface area contributed by atoms with E-state index < -0.39 is 28.6 Å². The fourth-order valence-electron chi connectivity index (χ4n) is 3.92. The van der Waals surface area contributed by atoms with Gasteiger partial charge in [0.2, 0.25) is 0 Å². The van der Waals surface area contributed by atoms with Crippen molar-refractivity contribution in [3.05, 3.63) is 45.6 Å². The highest BCUT2D eigenvalue weighted by molar-refractivity contribution is 7.15. The molecule has 1 saturated carbocycles. The Bertz CT molecular complexity index is 914. The molecule has 1 aliphatic heterocycles. The van der Waals surface area contributed by atoms with Crippen molar-refractivity contribution < 1.29 is 22.7 Å². The monoisotopic (exact) mass is 442 g/mol. The summed E-state index contributed by atoms with van der Waals surface area (Å²) < 4.78 is 42.6. The minimum Gasteiger partial charge on any atom is -0.622 e. The zero-order valence-corrected chi connectivity index (χ0v) is 17.1. The molecule has 0 spiro atoms. The van der Waals surface area contributed by atoms with Gasteiger partial charge in [0, 0.05) is 5.92 Å². The van der Waals surface area contributed by atoms with Gasteiger partial charge in [-0.15, -0.1) is 5.10 Å². The van der Waals surface area contributed by atoms with Crippen molar-refractivity contribution >= 4 is 22.4 Å². The molecule has 2 aliphatic rings. The summed E-state index contributed by atoms with van der Waals surface area (Å²) in [6, 6.07) is 3.73. The van der Waals surface area contributed by atoms with Crippen LogP contribution >= 0.6 is 11.3 Å². The fraction of sp³-hybridized carbons (Fsp3) is 0.526. The third kappa shape index (κ3) is 4.07. The molecule has 30 heavy (non-hydrogen) atoms. The summed E-state index contributed by atoms with van der Waals surface area (Å²) >= 11 is 1.25. The molecule has 0 bridgehead atoms. The SMILES string of the molecule is CN1CC(OC(=O)c2ccc(C(F)(F)F)cc2)[N+]([O-])(c2nnc(C3CCCC3)s2)C1. The fourth-order valence-corrected chi connectivity index (χ4v) is 5.00. The molecule has 0 amide bonds.